The topological polar surface area (TPSA) is 80.3 Å². The molecule has 0 saturated heterocycles. The Kier molecular flexibility index (Phi) is 2.73. The van der Waals surface area contributed by atoms with Crippen molar-refractivity contribution in [2.75, 3.05) is 0 Å². The van der Waals surface area contributed by atoms with Crippen molar-refractivity contribution in [1.29, 1.82) is 0 Å². The molecule has 0 unspecified atom stereocenters. The first-order valence-corrected chi connectivity index (χ1v) is 2.26. The van der Waals surface area contributed by atoms with Crippen molar-refractivity contribution >= 4 is 23.5 Å². The molecule has 0 saturated carbocycles. The number of carbonyl (C=O) groups excluding carboxylic acids is 2. The minimum Gasteiger partial charge on any atom is -0.545 e. The zero-order chi connectivity index (χ0) is 7.44. The van der Waals surface area contributed by atoms with Gasteiger partial charge in [0.15, 0.2) is 0 Å². The molecular formula is C4HClO4-2. The molecule has 0 fully saturated rings. The molecule has 0 heterocycles. The molecule has 0 atom stereocenters. The van der Waals surface area contributed by atoms with Crippen molar-refractivity contribution in [2.45, 2.75) is 0 Å². The summed E-state index contributed by atoms with van der Waals surface area (Å²) in [4.78, 5) is 19.4. The molecule has 0 rings (SSSR count). The van der Waals surface area contributed by atoms with Crippen LogP contribution in [0.3, 0.4) is 0 Å². The summed E-state index contributed by atoms with van der Waals surface area (Å²) in [5, 5.41) is 19.4. The van der Waals surface area contributed by atoms with E-state index in [0.717, 1.165) is 0 Å². The number of halogens is 1. The fourth-order valence-corrected chi connectivity index (χ4v) is 0.351. The molecular weight excluding hydrogens is 147 g/mol. The summed E-state index contributed by atoms with van der Waals surface area (Å²) in [6.07, 6.45) is 0. The van der Waals surface area contributed by atoms with Crippen LogP contribution in [-0.2, 0) is 9.59 Å². The van der Waals surface area contributed by atoms with Crippen molar-refractivity contribution in [3.8, 4) is 0 Å². The summed E-state index contributed by atoms with van der Waals surface area (Å²) in [6.45, 7) is 0. The molecule has 9 heavy (non-hydrogen) atoms. The Morgan fingerprint density at radius 3 is 1.56 bits per heavy atom. The third kappa shape index (κ3) is 2.14. The van der Waals surface area contributed by atoms with Crippen molar-refractivity contribution in [1.82, 2.24) is 0 Å². The second kappa shape index (κ2) is 3.09. The summed E-state index contributed by atoms with van der Waals surface area (Å²) in [6, 6.07) is 0. The SMILES string of the molecule is O=C([O-])C(=CCl)C(=O)[O-]. The van der Waals surface area contributed by atoms with E-state index in [4.69, 9.17) is 11.6 Å². The average molecular weight is 149 g/mol. The highest BCUT2D eigenvalue weighted by atomic mass is 35.5. The number of carbonyl (C=O) groups is 2. The normalized spacial score (nSPS) is 8.11. The van der Waals surface area contributed by atoms with Gasteiger partial charge in [-0.1, -0.05) is 11.6 Å². The van der Waals surface area contributed by atoms with Crippen LogP contribution in [0.2, 0.25) is 0 Å². The molecule has 0 amide bonds. The molecule has 0 aromatic carbocycles. The molecule has 0 aliphatic heterocycles. The second-order valence-electron chi connectivity index (χ2n) is 1.10. The number of carboxylic acid groups (broad SMARTS) is 2. The molecule has 0 radical (unpaired) electrons. The summed E-state index contributed by atoms with van der Waals surface area (Å²) in [7, 11) is 0. The Bertz CT molecular complexity index is 155. The van der Waals surface area contributed by atoms with Crippen LogP contribution in [0.5, 0.6) is 0 Å². The molecule has 0 bridgehead atoms. The lowest BCUT2D eigenvalue weighted by Gasteiger charge is -2.05. The Labute approximate surface area is 55.4 Å². The lowest BCUT2D eigenvalue weighted by Crippen LogP contribution is -2.35. The second-order valence-corrected chi connectivity index (χ2v) is 1.32. The van der Waals surface area contributed by atoms with Gasteiger partial charge in [0.2, 0.25) is 0 Å². The van der Waals surface area contributed by atoms with Gasteiger partial charge in [-0.2, -0.15) is 0 Å². The molecule has 4 nitrogen and oxygen atoms in total. The smallest absolute Gasteiger partial charge is 0.0742 e. The number of aliphatic carboxylic acids is 2. The first-order chi connectivity index (χ1) is 4.09. The van der Waals surface area contributed by atoms with Crippen LogP contribution in [0.1, 0.15) is 0 Å². The lowest BCUT2D eigenvalue weighted by atomic mass is 10.3. The van der Waals surface area contributed by atoms with Gasteiger partial charge in [-0.3, -0.25) is 0 Å². The van der Waals surface area contributed by atoms with Gasteiger partial charge in [-0.05, 0) is 0 Å². The fourth-order valence-electron chi connectivity index (χ4n) is 0.172. The van der Waals surface area contributed by atoms with Crippen molar-refractivity contribution in [3.63, 3.8) is 0 Å². The summed E-state index contributed by atoms with van der Waals surface area (Å²) < 4.78 is 0. The van der Waals surface area contributed by atoms with E-state index in [2.05, 4.69) is 0 Å². The van der Waals surface area contributed by atoms with E-state index in [9.17, 15) is 19.8 Å². The van der Waals surface area contributed by atoms with E-state index >= 15 is 0 Å². The molecule has 5 heteroatoms. The van der Waals surface area contributed by atoms with Crippen molar-refractivity contribution < 1.29 is 19.8 Å². The zero-order valence-corrected chi connectivity index (χ0v) is 4.84. The molecule has 0 aliphatic rings. The molecule has 0 aliphatic carbocycles. The van der Waals surface area contributed by atoms with E-state index in [-0.39, 0.29) is 0 Å². The third-order valence-electron chi connectivity index (χ3n) is 0.549. The van der Waals surface area contributed by atoms with E-state index in [0.29, 0.717) is 5.54 Å². The predicted octanol–water partition coefficient (Wildman–Crippen LogP) is -2.39. The number of hydrogen-bond donors (Lipinski definition) is 0. The summed E-state index contributed by atoms with van der Waals surface area (Å²) >= 11 is 4.75. The predicted molar refractivity (Wildman–Crippen MR) is 23.9 cm³/mol. The van der Waals surface area contributed by atoms with Crippen LogP contribution in [0, 0.1) is 0 Å². The largest absolute Gasteiger partial charge is 0.545 e. The zero-order valence-electron chi connectivity index (χ0n) is 4.09. The van der Waals surface area contributed by atoms with Crippen LogP contribution in [0.4, 0.5) is 0 Å². The maximum Gasteiger partial charge on any atom is 0.0742 e. The average Bonchev–Trinajstić information content (AvgIpc) is 1.64. The quantitative estimate of drug-likeness (QED) is 0.249. The Hall–Kier alpha value is -1.03. The van der Waals surface area contributed by atoms with Crippen LogP contribution in [0.15, 0.2) is 11.1 Å². The van der Waals surface area contributed by atoms with Crippen LogP contribution < -0.4 is 10.2 Å². The first kappa shape index (κ1) is 7.97. The van der Waals surface area contributed by atoms with E-state index in [1.165, 1.54) is 0 Å². The molecule has 0 N–H and O–H groups in total. The summed E-state index contributed by atoms with van der Waals surface area (Å²) in [5.41, 5.74) is -0.679. The molecule has 50 valence electrons. The number of carboxylic acids is 2. The van der Waals surface area contributed by atoms with Crippen molar-refractivity contribution in [3.05, 3.63) is 11.1 Å². The first-order valence-electron chi connectivity index (χ1n) is 1.82. The van der Waals surface area contributed by atoms with Gasteiger partial charge in [-0.25, -0.2) is 0 Å². The van der Waals surface area contributed by atoms with Crippen LogP contribution >= 0.6 is 11.6 Å². The van der Waals surface area contributed by atoms with Gasteiger partial charge < -0.3 is 19.8 Å². The van der Waals surface area contributed by atoms with Gasteiger partial charge in [0, 0.05) is 11.1 Å². The summed E-state index contributed by atoms with van der Waals surface area (Å²) in [5.74, 6) is -3.71. The minimum absolute atomic E-state index is 0.380. The maximum absolute atomic E-state index is 9.69. The third-order valence-corrected chi connectivity index (χ3v) is 0.767. The highest BCUT2D eigenvalue weighted by molar-refractivity contribution is 6.30. The highest BCUT2D eigenvalue weighted by Crippen LogP contribution is 1.91. The fraction of sp³-hybridized carbons (Fsp3) is 0. The molecule has 0 aromatic heterocycles. The van der Waals surface area contributed by atoms with Crippen molar-refractivity contribution in [2.24, 2.45) is 0 Å². The van der Waals surface area contributed by atoms with Gasteiger partial charge >= 0.3 is 0 Å². The van der Waals surface area contributed by atoms with Crippen LogP contribution in [-0.4, -0.2) is 11.9 Å². The van der Waals surface area contributed by atoms with Gasteiger partial charge in [0.1, 0.15) is 0 Å². The minimum atomic E-state index is -1.86. The Morgan fingerprint density at radius 1 is 1.22 bits per heavy atom. The van der Waals surface area contributed by atoms with E-state index < -0.39 is 17.5 Å². The lowest BCUT2D eigenvalue weighted by molar-refractivity contribution is -0.311. The molecule has 0 aromatic rings. The van der Waals surface area contributed by atoms with Gasteiger partial charge in [-0.15, -0.1) is 0 Å². The van der Waals surface area contributed by atoms with E-state index in [1.807, 2.05) is 0 Å². The number of hydrogen-bond acceptors (Lipinski definition) is 4. The Balaban J connectivity index is 4.38. The Morgan fingerprint density at radius 2 is 1.56 bits per heavy atom. The van der Waals surface area contributed by atoms with Crippen LogP contribution in [0.25, 0.3) is 0 Å². The monoisotopic (exact) mass is 148 g/mol. The molecule has 0 spiro atoms. The number of rotatable bonds is 2. The highest BCUT2D eigenvalue weighted by Gasteiger charge is 1.95. The van der Waals surface area contributed by atoms with Gasteiger partial charge in [0.25, 0.3) is 0 Å². The standard InChI is InChI=1S/C4H3ClO4/c5-1-2(3(6)7)4(8)9/h1H,(H,6,7)(H,8,9)/p-2. The maximum atomic E-state index is 9.69. The van der Waals surface area contributed by atoms with E-state index in [1.54, 1.807) is 0 Å². The van der Waals surface area contributed by atoms with Gasteiger partial charge in [0.05, 0.1) is 11.9 Å².